The van der Waals surface area contributed by atoms with Gasteiger partial charge < -0.3 is 0 Å². The minimum absolute atomic E-state index is 0.0792. The van der Waals surface area contributed by atoms with Crippen molar-refractivity contribution in [2.45, 2.75) is 6.42 Å². The molecule has 0 saturated carbocycles. The zero-order chi connectivity index (χ0) is 11.2. The van der Waals surface area contributed by atoms with Crippen molar-refractivity contribution in [1.29, 1.82) is 0 Å². The molecule has 2 rings (SSSR count). The monoisotopic (exact) mass is 211 g/mol. The highest BCUT2D eigenvalue weighted by atomic mass is 16.1. The lowest BCUT2D eigenvalue weighted by Gasteiger charge is -2.07. The molecule has 1 atom stereocenters. The van der Waals surface area contributed by atoms with Crippen LogP contribution in [0.25, 0.3) is 0 Å². The van der Waals surface area contributed by atoms with Crippen LogP contribution >= 0.6 is 0 Å². The van der Waals surface area contributed by atoms with Crippen molar-refractivity contribution in [3.63, 3.8) is 0 Å². The Morgan fingerprint density at radius 1 is 1.25 bits per heavy atom. The third-order valence-electron chi connectivity index (χ3n) is 2.44. The number of hydrogen-bond donors (Lipinski definition) is 0. The normalized spacial score (nSPS) is 19.1. The van der Waals surface area contributed by atoms with Crippen LogP contribution in [0.5, 0.6) is 0 Å². The van der Waals surface area contributed by atoms with Gasteiger partial charge in [0, 0.05) is 6.21 Å². The van der Waals surface area contributed by atoms with Crippen LogP contribution in [-0.2, 0) is 4.79 Å². The third-order valence-corrected chi connectivity index (χ3v) is 2.44. The molecule has 0 spiro atoms. The van der Waals surface area contributed by atoms with Gasteiger partial charge in [-0.3, -0.25) is 4.79 Å². The molecule has 1 aliphatic carbocycles. The highest BCUT2D eigenvalue weighted by Crippen LogP contribution is 2.12. The van der Waals surface area contributed by atoms with E-state index in [0.717, 1.165) is 12.0 Å². The Kier molecular flexibility index (Phi) is 3.44. The maximum absolute atomic E-state index is 11.7. The summed E-state index contributed by atoms with van der Waals surface area (Å²) in [5, 5.41) is 0. The third kappa shape index (κ3) is 2.76. The number of amides is 1. The predicted molar refractivity (Wildman–Crippen MR) is 65.4 cm³/mol. The van der Waals surface area contributed by atoms with Gasteiger partial charge in [0.15, 0.2) is 0 Å². The van der Waals surface area contributed by atoms with Crippen molar-refractivity contribution >= 4 is 12.1 Å². The summed E-state index contributed by atoms with van der Waals surface area (Å²) in [5.74, 6) is -0.172. The van der Waals surface area contributed by atoms with Gasteiger partial charge in [0.25, 0.3) is 5.91 Å². The molecule has 0 aliphatic heterocycles. The molecule has 0 bridgehead atoms. The molecule has 80 valence electrons. The molecular weight excluding hydrogens is 198 g/mol. The van der Waals surface area contributed by atoms with Crippen molar-refractivity contribution in [3.05, 3.63) is 60.2 Å². The van der Waals surface area contributed by atoms with Crippen LogP contribution in [0.15, 0.2) is 59.6 Å². The molecule has 2 nitrogen and oxygen atoms in total. The van der Waals surface area contributed by atoms with E-state index in [0.29, 0.717) is 0 Å². The van der Waals surface area contributed by atoms with E-state index in [2.05, 4.69) is 4.99 Å². The summed E-state index contributed by atoms with van der Waals surface area (Å²) < 4.78 is 0. The van der Waals surface area contributed by atoms with Crippen LogP contribution in [0.4, 0.5) is 0 Å². The maximum atomic E-state index is 11.7. The second-order valence-electron chi connectivity index (χ2n) is 3.66. The van der Waals surface area contributed by atoms with Crippen molar-refractivity contribution in [2.24, 2.45) is 10.9 Å². The first-order valence-electron chi connectivity index (χ1n) is 5.32. The first-order valence-corrected chi connectivity index (χ1v) is 5.32. The number of rotatable bonds is 2. The molecule has 0 saturated heterocycles. The summed E-state index contributed by atoms with van der Waals surface area (Å²) in [7, 11) is 0. The zero-order valence-electron chi connectivity index (χ0n) is 8.91. The fraction of sp³-hybridized carbons (Fsp3) is 0.143. The van der Waals surface area contributed by atoms with Crippen LogP contribution < -0.4 is 0 Å². The van der Waals surface area contributed by atoms with Crippen LogP contribution in [0.1, 0.15) is 12.0 Å². The largest absolute Gasteiger partial charge is 0.272 e. The molecule has 16 heavy (non-hydrogen) atoms. The van der Waals surface area contributed by atoms with Gasteiger partial charge in [0.1, 0.15) is 0 Å². The van der Waals surface area contributed by atoms with Gasteiger partial charge in [0.2, 0.25) is 0 Å². The Morgan fingerprint density at radius 3 is 2.75 bits per heavy atom. The molecule has 1 aliphatic rings. The van der Waals surface area contributed by atoms with E-state index in [1.165, 1.54) is 0 Å². The van der Waals surface area contributed by atoms with E-state index in [1.807, 2.05) is 54.6 Å². The van der Waals surface area contributed by atoms with Crippen LogP contribution in [-0.4, -0.2) is 12.1 Å². The summed E-state index contributed by atoms with van der Waals surface area (Å²) in [6.45, 7) is 0. The SMILES string of the molecule is O=C(N=Cc1ccccc1)C1C=CC=CC1. The molecule has 0 radical (unpaired) electrons. The highest BCUT2D eigenvalue weighted by Gasteiger charge is 2.13. The first-order chi connectivity index (χ1) is 7.86. The van der Waals surface area contributed by atoms with Crippen LogP contribution in [0.3, 0.4) is 0 Å². The quantitative estimate of drug-likeness (QED) is 0.691. The van der Waals surface area contributed by atoms with E-state index in [4.69, 9.17) is 0 Å². The lowest BCUT2D eigenvalue weighted by Crippen LogP contribution is -2.10. The number of nitrogens with zero attached hydrogens (tertiary/aromatic N) is 1. The van der Waals surface area contributed by atoms with Crippen molar-refractivity contribution in [3.8, 4) is 0 Å². The maximum Gasteiger partial charge on any atom is 0.252 e. The average Bonchev–Trinajstić information content (AvgIpc) is 2.38. The molecule has 0 fully saturated rings. The number of benzene rings is 1. The Bertz CT molecular complexity index is 443. The molecular formula is C14H13NO. The summed E-state index contributed by atoms with van der Waals surface area (Å²) in [5.41, 5.74) is 0.950. The second-order valence-corrected chi connectivity index (χ2v) is 3.66. The minimum Gasteiger partial charge on any atom is -0.272 e. The van der Waals surface area contributed by atoms with Crippen LogP contribution in [0.2, 0.25) is 0 Å². The van der Waals surface area contributed by atoms with Crippen LogP contribution in [0, 0.1) is 5.92 Å². The van der Waals surface area contributed by atoms with Gasteiger partial charge in [0.05, 0.1) is 5.92 Å². The predicted octanol–water partition coefficient (Wildman–Crippen LogP) is 2.76. The fourth-order valence-electron chi connectivity index (χ4n) is 1.54. The lowest BCUT2D eigenvalue weighted by molar-refractivity contribution is -0.120. The Morgan fingerprint density at radius 2 is 2.06 bits per heavy atom. The Labute approximate surface area is 95.0 Å². The average molecular weight is 211 g/mol. The Balaban J connectivity index is 2.00. The summed E-state index contributed by atoms with van der Waals surface area (Å²) in [6.07, 6.45) is 10.1. The smallest absolute Gasteiger partial charge is 0.252 e. The van der Waals surface area contributed by atoms with E-state index in [9.17, 15) is 4.79 Å². The summed E-state index contributed by atoms with van der Waals surface area (Å²) >= 11 is 0. The molecule has 2 heteroatoms. The molecule has 1 aromatic rings. The van der Waals surface area contributed by atoms with Gasteiger partial charge in [-0.1, -0.05) is 54.6 Å². The Hall–Kier alpha value is -1.96. The molecule has 0 aromatic heterocycles. The van der Waals surface area contributed by atoms with Gasteiger partial charge in [-0.25, -0.2) is 4.99 Å². The van der Waals surface area contributed by atoms with E-state index in [-0.39, 0.29) is 11.8 Å². The number of allylic oxidation sites excluding steroid dienone is 3. The van der Waals surface area contributed by atoms with Gasteiger partial charge >= 0.3 is 0 Å². The number of carbonyl (C=O) groups is 1. The standard InChI is InChI=1S/C14H13NO/c16-14(13-9-5-2-6-10-13)15-11-12-7-3-1-4-8-12/h1-9,11,13H,10H2. The molecule has 0 heterocycles. The number of aliphatic imine (C=N–C) groups is 1. The molecule has 0 N–H and O–H groups in total. The first kappa shape index (κ1) is 10.6. The fourth-order valence-corrected chi connectivity index (χ4v) is 1.54. The van der Waals surface area contributed by atoms with Crippen molar-refractivity contribution < 1.29 is 4.79 Å². The number of carbonyl (C=O) groups excluding carboxylic acids is 1. The molecule has 1 unspecified atom stereocenters. The van der Waals surface area contributed by atoms with E-state index < -0.39 is 0 Å². The van der Waals surface area contributed by atoms with Gasteiger partial charge in [-0.2, -0.15) is 0 Å². The van der Waals surface area contributed by atoms with E-state index >= 15 is 0 Å². The highest BCUT2D eigenvalue weighted by molar-refractivity contribution is 5.93. The second kappa shape index (κ2) is 5.21. The van der Waals surface area contributed by atoms with E-state index in [1.54, 1.807) is 6.21 Å². The minimum atomic E-state index is -0.0926. The molecule has 1 amide bonds. The summed E-state index contributed by atoms with van der Waals surface area (Å²) in [4.78, 5) is 15.7. The number of hydrogen-bond acceptors (Lipinski definition) is 1. The topological polar surface area (TPSA) is 29.4 Å². The van der Waals surface area contributed by atoms with Gasteiger partial charge in [-0.15, -0.1) is 0 Å². The zero-order valence-corrected chi connectivity index (χ0v) is 8.91. The summed E-state index contributed by atoms with van der Waals surface area (Å²) in [6, 6.07) is 9.64. The van der Waals surface area contributed by atoms with Gasteiger partial charge in [-0.05, 0) is 12.0 Å². The molecule has 1 aromatic carbocycles. The van der Waals surface area contributed by atoms with Crippen molar-refractivity contribution in [2.75, 3.05) is 0 Å². The van der Waals surface area contributed by atoms with Crippen molar-refractivity contribution in [1.82, 2.24) is 0 Å². The lowest BCUT2D eigenvalue weighted by atomic mass is 10.0.